The Morgan fingerprint density at radius 2 is 1.81 bits per heavy atom. The number of hydrogen-bond donors (Lipinski definition) is 3. The molecule has 2 bridgehead atoms. The molecule has 3 fully saturated rings. The van der Waals surface area contributed by atoms with Gasteiger partial charge in [-0.3, -0.25) is 14.4 Å². The van der Waals surface area contributed by atoms with Crippen LogP contribution in [0.5, 0.6) is 0 Å². The highest BCUT2D eigenvalue weighted by atomic mass is 16.5. The van der Waals surface area contributed by atoms with Crippen LogP contribution in [0.3, 0.4) is 0 Å². The van der Waals surface area contributed by atoms with E-state index in [1.165, 1.54) is 4.90 Å². The smallest absolute Gasteiger partial charge is 0.247 e. The fourth-order valence-corrected chi connectivity index (χ4v) is 7.53. The van der Waals surface area contributed by atoms with Crippen LogP contribution in [-0.4, -0.2) is 72.6 Å². The molecule has 2 aromatic carbocycles. The highest BCUT2D eigenvalue weighted by Crippen LogP contribution is 2.65. The number of nitrogens with one attached hydrogen (secondary N) is 2. The maximum absolute atomic E-state index is 14.4. The molecular weight excluding hydrogens is 536 g/mol. The van der Waals surface area contributed by atoms with Crippen molar-refractivity contribution in [2.75, 3.05) is 6.61 Å². The van der Waals surface area contributed by atoms with E-state index in [1.807, 2.05) is 82.3 Å². The van der Waals surface area contributed by atoms with Gasteiger partial charge in [-0.05, 0) is 42.9 Å². The van der Waals surface area contributed by atoms with Gasteiger partial charge >= 0.3 is 0 Å². The molecule has 1 aromatic heterocycles. The van der Waals surface area contributed by atoms with E-state index >= 15 is 0 Å². The molecule has 222 valence electrons. The summed E-state index contributed by atoms with van der Waals surface area (Å²) in [6.45, 7) is 7.75. The number of likely N-dealkylation sites (tertiary alicyclic amines) is 1. The van der Waals surface area contributed by atoms with Crippen LogP contribution < -0.4 is 10.6 Å². The fraction of sp³-hybridized carbons (Fsp3) is 0.516. The Morgan fingerprint density at radius 3 is 2.52 bits per heavy atom. The van der Waals surface area contributed by atoms with Crippen LogP contribution in [-0.2, 0) is 32.3 Å². The number of hydrogen-bond acceptors (Lipinski definition) is 7. The Labute approximate surface area is 244 Å². The number of amides is 3. The summed E-state index contributed by atoms with van der Waals surface area (Å²) in [6.07, 6.45) is 0.444. The quantitative estimate of drug-likeness (QED) is 0.355. The van der Waals surface area contributed by atoms with Crippen molar-refractivity contribution < 1.29 is 24.2 Å². The van der Waals surface area contributed by atoms with Crippen molar-refractivity contribution in [1.29, 1.82) is 0 Å². The summed E-state index contributed by atoms with van der Waals surface area (Å²) < 4.78 is 8.37. The SMILES string of the molecule is CC(C)[C@H](CO)N1C(=O)[C@@H]2[C@H](C(=O)NCc3ccccc3)[C@@]3(C)OC2(CC3C)C1C(=O)NCn1nnc2ccccc21. The number of carbonyl (C=O) groups is 3. The summed E-state index contributed by atoms with van der Waals surface area (Å²) in [6, 6.07) is 15.4. The monoisotopic (exact) mass is 574 g/mol. The van der Waals surface area contributed by atoms with Crippen LogP contribution in [0.4, 0.5) is 0 Å². The first-order valence-electron chi connectivity index (χ1n) is 14.6. The molecule has 4 heterocycles. The van der Waals surface area contributed by atoms with Gasteiger partial charge < -0.3 is 25.4 Å². The van der Waals surface area contributed by atoms with Gasteiger partial charge in [0.15, 0.2) is 0 Å². The molecule has 11 heteroatoms. The minimum atomic E-state index is -1.21. The summed E-state index contributed by atoms with van der Waals surface area (Å²) in [7, 11) is 0. The molecule has 42 heavy (non-hydrogen) atoms. The van der Waals surface area contributed by atoms with Gasteiger partial charge in [-0.2, -0.15) is 0 Å². The molecule has 0 saturated carbocycles. The van der Waals surface area contributed by atoms with Crippen LogP contribution in [0, 0.1) is 23.7 Å². The van der Waals surface area contributed by atoms with E-state index in [2.05, 4.69) is 20.9 Å². The lowest BCUT2D eigenvalue weighted by Gasteiger charge is -2.38. The van der Waals surface area contributed by atoms with Crippen molar-refractivity contribution in [1.82, 2.24) is 30.5 Å². The van der Waals surface area contributed by atoms with Crippen LogP contribution in [0.15, 0.2) is 54.6 Å². The average Bonchev–Trinajstić information content (AvgIpc) is 3.65. The first kappa shape index (κ1) is 28.3. The molecule has 3 amide bonds. The maximum atomic E-state index is 14.4. The Hall–Kier alpha value is -3.83. The molecule has 0 aliphatic carbocycles. The minimum absolute atomic E-state index is 0.0396. The van der Waals surface area contributed by atoms with Gasteiger partial charge in [0.05, 0.1) is 35.6 Å². The number of aromatic nitrogens is 3. The van der Waals surface area contributed by atoms with Gasteiger partial charge in [0.1, 0.15) is 23.8 Å². The van der Waals surface area contributed by atoms with Crippen LogP contribution in [0.2, 0.25) is 0 Å². The molecule has 3 aromatic rings. The lowest BCUT2D eigenvalue weighted by Crippen LogP contribution is -2.59. The second-order valence-electron chi connectivity index (χ2n) is 12.4. The number of rotatable bonds is 9. The van der Waals surface area contributed by atoms with Crippen molar-refractivity contribution in [3.8, 4) is 0 Å². The lowest BCUT2D eigenvalue weighted by atomic mass is 9.62. The number of benzene rings is 2. The van der Waals surface area contributed by atoms with Crippen molar-refractivity contribution in [2.24, 2.45) is 23.7 Å². The number of para-hydroxylation sites is 1. The number of aliphatic hydroxyl groups excluding tert-OH is 1. The molecule has 3 N–H and O–H groups in total. The zero-order chi connectivity index (χ0) is 29.8. The predicted octanol–water partition coefficient (Wildman–Crippen LogP) is 1.85. The van der Waals surface area contributed by atoms with Crippen LogP contribution >= 0.6 is 0 Å². The van der Waals surface area contributed by atoms with E-state index in [-0.39, 0.29) is 36.9 Å². The number of fused-ring (bicyclic) bond motifs is 2. The number of ether oxygens (including phenoxy) is 1. The Morgan fingerprint density at radius 1 is 1.10 bits per heavy atom. The van der Waals surface area contributed by atoms with Gasteiger partial charge in [-0.25, -0.2) is 4.68 Å². The number of aliphatic hydroxyl groups is 1. The van der Waals surface area contributed by atoms with E-state index in [1.54, 1.807) is 4.68 Å². The predicted molar refractivity (Wildman–Crippen MR) is 153 cm³/mol. The minimum Gasteiger partial charge on any atom is -0.394 e. The van der Waals surface area contributed by atoms with E-state index in [4.69, 9.17) is 4.74 Å². The maximum Gasteiger partial charge on any atom is 0.247 e. The van der Waals surface area contributed by atoms with E-state index in [0.29, 0.717) is 18.5 Å². The van der Waals surface area contributed by atoms with Crippen molar-refractivity contribution in [2.45, 2.75) is 70.6 Å². The fourth-order valence-electron chi connectivity index (χ4n) is 7.53. The number of carbonyl (C=O) groups excluding carboxylic acids is 3. The van der Waals surface area contributed by atoms with Crippen LogP contribution in [0.25, 0.3) is 11.0 Å². The number of nitrogens with zero attached hydrogens (tertiary/aromatic N) is 4. The van der Waals surface area contributed by atoms with Gasteiger partial charge in [-0.15, -0.1) is 5.10 Å². The zero-order valence-corrected chi connectivity index (χ0v) is 24.4. The summed E-state index contributed by atoms with van der Waals surface area (Å²) in [4.78, 5) is 43.9. The van der Waals surface area contributed by atoms with Gasteiger partial charge in [0.25, 0.3) is 0 Å². The molecule has 3 aliphatic heterocycles. The summed E-state index contributed by atoms with van der Waals surface area (Å²) >= 11 is 0. The molecule has 7 atom stereocenters. The highest BCUT2D eigenvalue weighted by molar-refractivity contribution is 5.99. The van der Waals surface area contributed by atoms with E-state index < -0.39 is 41.0 Å². The Balaban J connectivity index is 1.34. The standard InChI is InChI=1S/C31H38N6O5/c1-18(2)23(16-38)37-26(28(40)33-17-36-22-13-9-8-12-21(22)34-35-36)31-14-19(3)30(4,42-31)24(25(31)29(37)41)27(39)32-15-20-10-6-5-7-11-20/h5-13,18-19,23-26,38H,14-17H2,1-4H3,(H,32,39)(H,33,40)/t19?,23-,24+,25-,26?,30-,31?/m0/s1. The molecule has 3 unspecified atom stereocenters. The third kappa shape index (κ3) is 4.20. The van der Waals surface area contributed by atoms with E-state index in [0.717, 1.165) is 11.1 Å². The van der Waals surface area contributed by atoms with Crippen molar-refractivity contribution >= 4 is 28.8 Å². The normalized spacial score (nSPS) is 30.6. The lowest BCUT2D eigenvalue weighted by molar-refractivity contribution is -0.152. The highest BCUT2D eigenvalue weighted by Gasteiger charge is 2.80. The molecule has 6 rings (SSSR count). The summed E-state index contributed by atoms with van der Waals surface area (Å²) in [5.74, 6) is -2.88. The Kier molecular flexibility index (Phi) is 7.05. The molecule has 0 radical (unpaired) electrons. The second kappa shape index (κ2) is 10.5. The molecule has 3 aliphatic rings. The zero-order valence-electron chi connectivity index (χ0n) is 24.4. The van der Waals surface area contributed by atoms with Crippen LogP contribution in [0.1, 0.15) is 39.7 Å². The average molecular weight is 575 g/mol. The first-order valence-corrected chi connectivity index (χ1v) is 14.6. The molecule has 11 nitrogen and oxygen atoms in total. The largest absolute Gasteiger partial charge is 0.394 e. The summed E-state index contributed by atoms with van der Waals surface area (Å²) in [5, 5.41) is 24.7. The van der Waals surface area contributed by atoms with Crippen molar-refractivity contribution in [3.63, 3.8) is 0 Å². The molecular formula is C31H38N6O5. The summed E-state index contributed by atoms with van der Waals surface area (Å²) in [5.41, 5.74) is 0.266. The van der Waals surface area contributed by atoms with Gasteiger partial charge in [-0.1, -0.05) is 68.4 Å². The molecule has 3 saturated heterocycles. The van der Waals surface area contributed by atoms with Crippen molar-refractivity contribution in [3.05, 3.63) is 60.2 Å². The molecule has 1 spiro atoms. The topological polar surface area (TPSA) is 139 Å². The Bertz CT molecular complexity index is 1510. The third-order valence-electron chi connectivity index (χ3n) is 9.73. The second-order valence-corrected chi connectivity index (χ2v) is 12.4. The van der Waals surface area contributed by atoms with Gasteiger partial charge in [0.2, 0.25) is 17.7 Å². The van der Waals surface area contributed by atoms with Gasteiger partial charge in [0, 0.05) is 6.54 Å². The first-order chi connectivity index (χ1) is 20.1. The third-order valence-corrected chi connectivity index (χ3v) is 9.73. The van der Waals surface area contributed by atoms with E-state index in [9.17, 15) is 19.5 Å².